The molecular formula is C16H18ClN3. The Labute approximate surface area is 124 Å². The van der Waals surface area contributed by atoms with Crippen LogP contribution in [0.5, 0.6) is 0 Å². The van der Waals surface area contributed by atoms with E-state index in [1.165, 1.54) is 11.1 Å². The van der Waals surface area contributed by atoms with Gasteiger partial charge in [-0.1, -0.05) is 56.6 Å². The molecule has 1 unspecified atom stereocenters. The second kappa shape index (κ2) is 4.67. The van der Waals surface area contributed by atoms with Crippen molar-refractivity contribution in [1.29, 1.82) is 0 Å². The molecule has 2 aromatic rings. The average Bonchev–Trinajstić information content (AvgIpc) is 2.86. The molecule has 3 rings (SSSR count). The summed E-state index contributed by atoms with van der Waals surface area (Å²) in [7, 11) is 0. The maximum Gasteiger partial charge on any atom is 0.131 e. The van der Waals surface area contributed by atoms with Crippen LogP contribution >= 0.6 is 11.6 Å². The highest BCUT2D eigenvalue weighted by atomic mass is 35.5. The van der Waals surface area contributed by atoms with Gasteiger partial charge in [-0.15, -0.1) is 0 Å². The molecule has 1 N–H and O–H groups in total. The van der Waals surface area contributed by atoms with Gasteiger partial charge in [-0.2, -0.15) is 5.10 Å². The summed E-state index contributed by atoms with van der Waals surface area (Å²) in [6, 6.07) is 10.7. The fraction of sp³-hybridized carbons (Fsp3) is 0.312. The molecule has 1 atom stereocenters. The first-order valence-corrected chi connectivity index (χ1v) is 7.12. The fourth-order valence-corrected chi connectivity index (χ4v) is 2.62. The summed E-state index contributed by atoms with van der Waals surface area (Å²) >= 11 is 6.26. The van der Waals surface area contributed by atoms with E-state index < -0.39 is 0 Å². The van der Waals surface area contributed by atoms with Gasteiger partial charge in [-0.25, -0.2) is 4.68 Å². The molecule has 0 bridgehead atoms. The molecule has 0 amide bonds. The molecule has 0 fully saturated rings. The SMILES string of the molecule is CC(C)(C)c1ccc(C2C=C(Cl)n3nccc3N2)cc1. The molecule has 2 heterocycles. The maximum absolute atomic E-state index is 6.26. The monoisotopic (exact) mass is 287 g/mol. The first kappa shape index (κ1) is 13.3. The van der Waals surface area contributed by atoms with Crippen LogP contribution in [0.2, 0.25) is 0 Å². The van der Waals surface area contributed by atoms with E-state index in [1.54, 1.807) is 10.9 Å². The van der Waals surface area contributed by atoms with Crippen LogP contribution in [0.3, 0.4) is 0 Å². The number of nitrogens with one attached hydrogen (secondary N) is 1. The Morgan fingerprint density at radius 3 is 2.50 bits per heavy atom. The lowest BCUT2D eigenvalue weighted by atomic mass is 9.86. The van der Waals surface area contributed by atoms with Gasteiger partial charge in [-0.05, 0) is 22.6 Å². The van der Waals surface area contributed by atoms with Crippen LogP contribution in [-0.4, -0.2) is 9.78 Å². The van der Waals surface area contributed by atoms with E-state index in [-0.39, 0.29) is 11.5 Å². The van der Waals surface area contributed by atoms with Crippen molar-refractivity contribution < 1.29 is 0 Å². The number of fused-ring (bicyclic) bond motifs is 1. The Hall–Kier alpha value is -1.74. The Bertz CT molecular complexity index is 647. The number of aromatic nitrogens is 2. The first-order chi connectivity index (χ1) is 9.45. The van der Waals surface area contributed by atoms with E-state index in [4.69, 9.17) is 11.6 Å². The van der Waals surface area contributed by atoms with Gasteiger partial charge in [-0.3, -0.25) is 0 Å². The molecule has 3 nitrogen and oxygen atoms in total. The zero-order valence-electron chi connectivity index (χ0n) is 11.9. The summed E-state index contributed by atoms with van der Waals surface area (Å²) in [5.41, 5.74) is 2.70. The van der Waals surface area contributed by atoms with Gasteiger partial charge < -0.3 is 5.32 Å². The summed E-state index contributed by atoms with van der Waals surface area (Å²) in [4.78, 5) is 0. The third-order valence-electron chi connectivity index (χ3n) is 3.59. The van der Waals surface area contributed by atoms with Crippen molar-refractivity contribution in [1.82, 2.24) is 9.78 Å². The molecule has 1 aliphatic heterocycles. The van der Waals surface area contributed by atoms with Crippen LogP contribution in [0.25, 0.3) is 5.16 Å². The second-order valence-corrected chi connectivity index (χ2v) is 6.50. The third-order valence-corrected chi connectivity index (χ3v) is 3.87. The van der Waals surface area contributed by atoms with E-state index in [1.807, 2.05) is 12.1 Å². The topological polar surface area (TPSA) is 29.9 Å². The number of halogens is 1. The Morgan fingerprint density at radius 2 is 1.85 bits per heavy atom. The fourth-order valence-electron chi connectivity index (χ4n) is 2.36. The summed E-state index contributed by atoms with van der Waals surface area (Å²) < 4.78 is 1.70. The minimum absolute atomic E-state index is 0.0840. The zero-order valence-corrected chi connectivity index (χ0v) is 12.6. The highest BCUT2D eigenvalue weighted by Crippen LogP contribution is 2.32. The van der Waals surface area contributed by atoms with Crippen molar-refractivity contribution in [3.05, 3.63) is 53.7 Å². The standard InChI is InChI=1S/C16H18ClN3/c1-16(2,3)12-6-4-11(5-7-12)13-10-14(17)20-15(19-13)8-9-18-20/h4-10,13,19H,1-3H3. The predicted molar refractivity (Wildman–Crippen MR) is 83.9 cm³/mol. The van der Waals surface area contributed by atoms with Crippen molar-refractivity contribution in [3.8, 4) is 0 Å². The van der Waals surface area contributed by atoms with Gasteiger partial charge in [0.25, 0.3) is 0 Å². The van der Waals surface area contributed by atoms with Crippen molar-refractivity contribution in [3.63, 3.8) is 0 Å². The van der Waals surface area contributed by atoms with Crippen LogP contribution < -0.4 is 5.32 Å². The average molecular weight is 288 g/mol. The normalized spacial score (nSPS) is 18.2. The molecule has 0 saturated heterocycles. The molecule has 1 aliphatic rings. The molecule has 1 aromatic carbocycles. The number of rotatable bonds is 1. The molecule has 20 heavy (non-hydrogen) atoms. The first-order valence-electron chi connectivity index (χ1n) is 6.74. The maximum atomic E-state index is 6.26. The summed E-state index contributed by atoms with van der Waals surface area (Å²) in [6.07, 6.45) is 3.72. The molecule has 0 spiro atoms. The zero-order chi connectivity index (χ0) is 14.3. The number of hydrogen-bond donors (Lipinski definition) is 1. The van der Waals surface area contributed by atoms with E-state index in [0.717, 1.165) is 5.82 Å². The minimum atomic E-state index is 0.0840. The van der Waals surface area contributed by atoms with Gasteiger partial charge in [0, 0.05) is 6.07 Å². The highest BCUT2D eigenvalue weighted by Gasteiger charge is 2.20. The second-order valence-electron chi connectivity index (χ2n) is 6.11. The van der Waals surface area contributed by atoms with Crippen LogP contribution in [0.4, 0.5) is 5.82 Å². The molecule has 0 saturated carbocycles. The van der Waals surface area contributed by atoms with Crippen LogP contribution in [0.1, 0.15) is 37.9 Å². The summed E-state index contributed by atoms with van der Waals surface area (Å²) in [5, 5.41) is 8.22. The van der Waals surface area contributed by atoms with Gasteiger partial charge in [0.1, 0.15) is 11.0 Å². The number of anilines is 1. The quantitative estimate of drug-likeness (QED) is 0.843. The number of nitrogens with zero attached hydrogens (tertiary/aromatic N) is 2. The molecule has 1 aromatic heterocycles. The molecule has 0 aliphatic carbocycles. The van der Waals surface area contributed by atoms with Gasteiger partial charge in [0.05, 0.1) is 12.2 Å². The van der Waals surface area contributed by atoms with Gasteiger partial charge in [0.15, 0.2) is 0 Å². The van der Waals surface area contributed by atoms with Crippen LogP contribution in [0.15, 0.2) is 42.6 Å². The number of benzene rings is 1. The van der Waals surface area contributed by atoms with E-state index in [9.17, 15) is 0 Å². The van der Waals surface area contributed by atoms with Crippen LogP contribution in [-0.2, 0) is 5.41 Å². The Morgan fingerprint density at radius 1 is 1.15 bits per heavy atom. The van der Waals surface area contributed by atoms with E-state index in [0.29, 0.717) is 5.16 Å². The van der Waals surface area contributed by atoms with Crippen LogP contribution in [0, 0.1) is 0 Å². The molecular weight excluding hydrogens is 270 g/mol. The van der Waals surface area contributed by atoms with Crippen molar-refractivity contribution in [2.45, 2.75) is 32.2 Å². The predicted octanol–water partition coefficient (Wildman–Crippen LogP) is 4.38. The van der Waals surface area contributed by atoms with Crippen molar-refractivity contribution in [2.24, 2.45) is 0 Å². The van der Waals surface area contributed by atoms with Crippen molar-refractivity contribution in [2.75, 3.05) is 5.32 Å². The lowest BCUT2D eigenvalue weighted by molar-refractivity contribution is 0.590. The Kier molecular flexibility index (Phi) is 3.09. The minimum Gasteiger partial charge on any atom is -0.359 e. The number of hydrogen-bond acceptors (Lipinski definition) is 2. The third kappa shape index (κ3) is 2.34. The summed E-state index contributed by atoms with van der Waals surface area (Å²) in [5.74, 6) is 0.919. The Balaban J connectivity index is 1.90. The van der Waals surface area contributed by atoms with Gasteiger partial charge in [0.2, 0.25) is 0 Å². The largest absolute Gasteiger partial charge is 0.359 e. The smallest absolute Gasteiger partial charge is 0.131 e. The summed E-state index contributed by atoms with van der Waals surface area (Å²) in [6.45, 7) is 6.66. The molecule has 104 valence electrons. The van der Waals surface area contributed by atoms with E-state index in [2.05, 4.69) is 55.5 Å². The molecule has 4 heteroatoms. The van der Waals surface area contributed by atoms with Gasteiger partial charge >= 0.3 is 0 Å². The lowest BCUT2D eigenvalue weighted by Crippen LogP contribution is -2.17. The van der Waals surface area contributed by atoms with Crippen molar-refractivity contribution >= 4 is 22.6 Å². The van der Waals surface area contributed by atoms with E-state index >= 15 is 0 Å². The highest BCUT2D eigenvalue weighted by molar-refractivity contribution is 6.45. The lowest BCUT2D eigenvalue weighted by Gasteiger charge is -2.24. The molecule has 0 radical (unpaired) electrons.